The summed E-state index contributed by atoms with van der Waals surface area (Å²) in [5, 5.41) is 0. The van der Waals surface area contributed by atoms with Gasteiger partial charge in [-0.25, -0.2) is 0 Å². The molecule has 2 amide bonds. The molecule has 2 N–H and O–H groups in total. The lowest BCUT2D eigenvalue weighted by molar-refractivity contribution is -0.134. The maximum absolute atomic E-state index is 12.0. The third-order valence-corrected chi connectivity index (χ3v) is 3.53. The average molecular weight is 393 g/mol. The average Bonchev–Trinajstić information content (AvgIpc) is 3.02. The fourth-order valence-electron chi connectivity index (χ4n) is 1.97. The fraction of sp³-hybridized carbons (Fsp3) is 0.125. The highest BCUT2D eigenvalue weighted by atomic mass is 79.9. The zero-order valence-electron chi connectivity index (χ0n) is 12.3. The molecule has 7 nitrogen and oxygen atoms in total. The molecule has 0 saturated carbocycles. The van der Waals surface area contributed by atoms with E-state index in [2.05, 4.69) is 26.8 Å². The molecule has 2 aromatic rings. The van der Waals surface area contributed by atoms with Crippen molar-refractivity contribution < 1.29 is 23.5 Å². The summed E-state index contributed by atoms with van der Waals surface area (Å²) in [5.74, 6) is 0.556. The number of furan rings is 1. The number of carbonyl (C=O) groups excluding carboxylic acids is 2. The molecule has 0 saturated heterocycles. The van der Waals surface area contributed by atoms with E-state index in [9.17, 15) is 9.59 Å². The van der Waals surface area contributed by atoms with E-state index in [0.717, 1.165) is 0 Å². The Morgan fingerprint density at radius 1 is 1.12 bits per heavy atom. The number of amides is 2. The van der Waals surface area contributed by atoms with Crippen molar-refractivity contribution in [2.75, 3.05) is 6.61 Å². The van der Waals surface area contributed by atoms with Crippen LogP contribution in [0.2, 0.25) is 0 Å². The van der Waals surface area contributed by atoms with E-state index in [1.165, 1.54) is 12.2 Å². The van der Waals surface area contributed by atoms with Crippen LogP contribution in [0.15, 0.2) is 51.6 Å². The van der Waals surface area contributed by atoms with Crippen molar-refractivity contribution in [3.8, 4) is 11.5 Å². The van der Waals surface area contributed by atoms with Crippen LogP contribution in [0.1, 0.15) is 5.76 Å². The molecule has 1 aliphatic rings. The van der Waals surface area contributed by atoms with Gasteiger partial charge in [-0.2, -0.15) is 0 Å². The van der Waals surface area contributed by atoms with Crippen molar-refractivity contribution in [3.63, 3.8) is 0 Å². The van der Waals surface area contributed by atoms with Gasteiger partial charge in [0.2, 0.25) is 6.10 Å². The minimum Gasteiger partial charge on any atom is -0.485 e. The molecule has 0 spiro atoms. The molecule has 2 heterocycles. The first-order valence-corrected chi connectivity index (χ1v) is 7.83. The number of rotatable bonds is 3. The largest absolute Gasteiger partial charge is 0.485 e. The Hall–Kier alpha value is -2.74. The number of hydrogen-bond acceptors (Lipinski definition) is 5. The van der Waals surface area contributed by atoms with Crippen molar-refractivity contribution in [2.24, 2.45) is 0 Å². The number of hydrogen-bond donors (Lipinski definition) is 2. The van der Waals surface area contributed by atoms with Crippen molar-refractivity contribution in [1.29, 1.82) is 0 Å². The van der Waals surface area contributed by atoms with E-state index >= 15 is 0 Å². The predicted molar refractivity (Wildman–Crippen MR) is 88.1 cm³/mol. The molecular weight excluding hydrogens is 380 g/mol. The van der Waals surface area contributed by atoms with Crippen LogP contribution in [0, 0.1) is 0 Å². The first-order valence-electron chi connectivity index (χ1n) is 7.03. The molecule has 0 radical (unpaired) electrons. The summed E-state index contributed by atoms with van der Waals surface area (Å²) in [7, 11) is 0. The van der Waals surface area contributed by atoms with Crippen LogP contribution in [0.3, 0.4) is 0 Å². The molecule has 1 aromatic heterocycles. The Labute approximate surface area is 145 Å². The first kappa shape index (κ1) is 16.1. The quantitative estimate of drug-likeness (QED) is 0.616. The molecule has 24 heavy (non-hydrogen) atoms. The van der Waals surface area contributed by atoms with E-state index in [1.807, 2.05) is 6.07 Å². The molecule has 1 aliphatic heterocycles. The van der Waals surface area contributed by atoms with E-state index < -0.39 is 17.9 Å². The van der Waals surface area contributed by atoms with E-state index in [1.54, 1.807) is 30.3 Å². The van der Waals surface area contributed by atoms with Crippen molar-refractivity contribution >= 4 is 33.8 Å². The highest BCUT2D eigenvalue weighted by molar-refractivity contribution is 9.10. The summed E-state index contributed by atoms with van der Waals surface area (Å²) in [4.78, 5) is 23.7. The Kier molecular flexibility index (Phi) is 4.85. The van der Waals surface area contributed by atoms with Gasteiger partial charge in [0, 0.05) is 6.08 Å². The van der Waals surface area contributed by atoms with E-state index in [0.29, 0.717) is 21.9 Å². The van der Waals surface area contributed by atoms with Crippen molar-refractivity contribution in [1.82, 2.24) is 10.9 Å². The zero-order valence-corrected chi connectivity index (χ0v) is 13.9. The number of hydrazine groups is 1. The normalized spacial score (nSPS) is 16.0. The number of halogens is 1. The molecule has 0 unspecified atom stereocenters. The van der Waals surface area contributed by atoms with Gasteiger partial charge in [-0.1, -0.05) is 12.1 Å². The van der Waals surface area contributed by atoms with E-state index in [4.69, 9.17) is 13.9 Å². The summed E-state index contributed by atoms with van der Waals surface area (Å²) >= 11 is 3.16. The number of carbonyl (C=O) groups is 2. The number of nitrogens with one attached hydrogen (secondary N) is 2. The van der Waals surface area contributed by atoms with Gasteiger partial charge in [0.1, 0.15) is 12.4 Å². The topological polar surface area (TPSA) is 89.8 Å². The maximum atomic E-state index is 12.0. The van der Waals surface area contributed by atoms with Crippen LogP contribution in [0.5, 0.6) is 11.5 Å². The van der Waals surface area contributed by atoms with Crippen LogP contribution < -0.4 is 20.3 Å². The second kappa shape index (κ2) is 7.22. The molecular formula is C16H13BrN2O5. The highest BCUT2D eigenvalue weighted by Crippen LogP contribution is 2.30. The van der Waals surface area contributed by atoms with Gasteiger partial charge in [0.05, 0.1) is 0 Å². The third-order valence-electron chi connectivity index (χ3n) is 3.10. The lowest BCUT2D eigenvalue weighted by Crippen LogP contribution is -2.50. The summed E-state index contributed by atoms with van der Waals surface area (Å²) in [5.41, 5.74) is 4.56. The first-order chi connectivity index (χ1) is 11.6. The van der Waals surface area contributed by atoms with Gasteiger partial charge >= 0.3 is 0 Å². The second-order valence-corrected chi connectivity index (χ2v) is 5.60. The molecule has 0 bridgehead atoms. The van der Waals surface area contributed by atoms with E-state index in [-0.39, 0.29) is 6.61 Å². The minimum atomic E-state index is -0.842. The second-order valence-electron chi connectivity index (χ2n) is 4.82. The van der Waals surface area contributed by atoms with Gasteiger partial charge < -0.3 is 13.9 Å². The van der Waals surface area contributed by atoms with Gasteiger partial charge in [0.15, 0.2) is 16.2 Å². The standard InChI is InChI=1S/C16H13BrN2O5/c17-14-7-5-10(23-14)6-8-15(20)18-19-16(21)13-9-22-11-3-1-2-4-12(11)24-13/h1-8,13H,9H2,(H,18,20)(H,19,21)/b8-6-/t13-/m1/s1. The lowest BCUT2D eigenvalue weighted by atomic mass is 10.2. The van der Waals surface area contributed by atoms with Crippen LogP contribution in [0.25, 0.3) is 6.08 Å². The lowest BCUT2D eigenvalue weighted by Gasteiger charge is -2.25. The zero-order chi connectivity index (χ0) is 16.9. The summed E-state index contributed by atoms with van der Waals surface area (Å²) in [6.07, 6.45) is 1.87. The summed E-state index contributed by atoms with van der Waals surface area (Å²) in [6.45, 7) is 0.0645. The van der Waals surface area contributed by atoms with Gasteiger partial charge in [0.25, 0.3) is 11.8 Å². The summed E-state index contributed by atoms with van der Waals surface area (Å²) < 4.78 is 16.7. The Morgan fingerprint density at radius 3 is 2.67 bits per heavy atom. The molecule has 124 valence electrons. The SMILES string of the molecule is O=C(/C=C\c1ccc(Br)o1)NNC(=O)[C@H]1COc2ccccc2O1. The highest BCUT2D eigenvalue weighted by Gasteiger charge is 2.27. The smallest absolute Gasteiger partial charge is 0.283 e. The van der Waals surface area contributed by atoms with Crippen molar-refractivity contribution in [3.05, 3.63) is 52.9 Å². The minimum absolute atomic E-state index is 0.0645. The maximum Gasteiger partial charge on any atom is 0.283 e. The van der Waals surface area contributed by atoms with Crippen molar-refractivity contribution in [2.45, 2.75) is 6.10 Å². The number of fused-ring (bicyclic) bond motifs is 1. The molecule has 1 atom stereocenters. The number of ether oxygens (including phenoxy) is 2. The Bertz CT molecular complexity index is 786. The Balaban J connectivity index is 1.49. The molecule has 0 fully saturated rings. The third kappa shape index (κ3) is 3.96. The van der Waals surface area contributed by atoms with Crippen LogP contribution >= 0.6 is 15.9 Å². The van der Waals surface area contributed by atoms with Crippen LogP contribution in [0.4, 0.5) is 0 Å². The Morgan fingerprint density at radius 2 is 1.92 bits per heavy atom. The molecule has 8 heteroatoms. The van der Waals surface area contributed by atoms with Gasteiger partial charge in [-0.05, 0) is 46.3 Å². The molecule has 3 rings (SSSR count). The monoisotopic (exact) mass is 392 g/mol. The van der Waals surface area contributed by atoms with Gasteiger partial charge in [-0.15, -0.1) is 0 Å². The number of benzene rings is 1. The predicted octanol–water partition coefficient (Wildman–Crippen LogP) is 2.04. The van der Waals surface area contributed by atoms with Crippen LogP contribution in [-0.2, 0) is 9.59 Å². The summed E-state index contributed by atoms with van der Waals surface area (Å²) in [6, 6.07) is 10.4. The molecule has 0 aliphatic carbocycles. The fourth-order valence-corrected chi connectivity index (χ4v) is 2.29. The van der Waals surface area contributed by atoms with Crippen LogP contribution in [-0.4, -0.2) is 24.5 Å². The van der Waals surface area contributed by atoms with Gasteiger partial charge in [-0.3, -0.25) is 20.4 Å². The number of para-hydroxylation sites is 2. The molecule has 1 aromatic carbocycles.